The second kappa shape index (κ2) is 6.57. The van der Waals surface area contributed by atoms with E-state index in [4.69, 9.17) is 0 Å². The first-order chi connectivity index (χ1) is 12.3. The summed E-state index contributed by atoms with van der Waals surface area (Å²) in [6.07, 6.45) is 5.47. The van der Waals surface area contributed by atoms with Crippen LogP contribution in [0.15, 0.2) is 60.9 Å². The Balaban J connectivity index is 1.67. The van der Waals surface area contributed by atoms with Crippen LogP contribution in [-0.4, -0.2) is 19.9 Å². The second-order valence-corrected chi connectivity index (χ2v) is 5.73. The summed E-state index contributed by atoms with van der Waals surface area (Å²) >= 11 is 0. The van der Waals surface area contributed by atoms with Gasteiger partial charge in [0.05, 0.1) is 0 Å². The van der Waals surface area contributed by atoms with E-state index in [-0.39, 0.29) is 0 Å². The molecule has 2 aromatic carbocycles. The van der Waals surface area contributed by atoms with Crippen LogP contribution in [0.2, 0.25) is 0 Å². The molecule has 2 N–H and O–H groups in total. The Hall–Kier alpha value is -3.47. The zero-order valence-corrected chi connectivity index (χ0v) is 13.8. The normalized spacial score (nSPS) is 11.2. The lowest BCUT2D eigenvalue weighted by molar-refractivity contribution is 1.19. The van der Waals surface area contributed by atoms with Crippen molar-refractivity contribution >= 4 is 34.8 Å². The molecule has 4 rings (SSSR count). The van der Waals surface area contributed by atoms with Gasteiger partial charge in [-0.3, -0.25) is 0 Å². The van der Waals surface area contributed by atoms with Crippen molar-refractivity contribution in [2.45, 2.75) is 6.92 Å². The maximum Gasteiger partial charge on any atom is 0.183 e. The summed E-state index contributed by atoms with van der Waals surface area (Å²) in [6.45, 7) is 2.06. The molecule has 2 heterocycles. The number of rotatable bonds is 4. The lowest BCUT2D eigenvalue weighted by Crippen LogP contribution is -1.97. The average molecular weight is 327 g/mol. The van der Waals surface area contributed by atoms with Crippen LogP contribution in [0.5, 0.6) is 0 Å². The van der Waals surface area contributed by atoms with E-state index < -0.39 is 0 Å². The van der Waals surface area contributed by atoms with Gasteiger partial charge in [-0.15, -0.1) is 0 Å². The number of anilines is 2. The molecule has 0 spiro atoms. The van der Waals surface area contributed by atoms with Gasteiger partial charge in [0.1, 0.15) is 17.7 Å². The first-order valence-electron chi connectivity index (χ1n) is 8.06. The van der Waals surface area contributed by atoms with Crippen LogP contribution in [-0.2, 0) is 0 Å². The second-order valence-electron chi connectivity index (χ2n) is 5.73. The number of fused-ring (bicyclic) bond motifs is 1. The van der Waals surface area contributed by atoms with Gasteiger partial charge in [0.25, 0.3) is 0 Å². The number of nitrogens with zero attached hydrogens (tertiary/aromatic N) is 3. The summed E-state index contributed by atoms with van der Waals surface area (Å²) in [7, 11) is 0. The molecule has 0 aliphatic rings. The molecule has 0 amide bonds. The SMILES string of the molecule is Cc1ccccc1Nc1ncnc2nc(C=Cc3ccccc3)[nH]c12. The van der Waals surface area contributed by atoms with E-state index >= 15 is 0 Å². The number of benzene rings is 2. The van der Waals surface area contributed by atoms with Gasteiger partial charge in [0, 0.05) is 5.69 Å². The third kappa shape index (κ3) is 3.26. The summed E-state index contributed by atoms with van der Waals surface area (Å²) < 4.78 is 0. The Bertz CT molecular complexity index is 1030. The molecule has 0 fully saturated rings. The molecule has 2 aromatic heterocycles. The summed E-state index contributed by atoms with van der Waals surface area (Å²) in [4.78, 5) is 16.4. The summed E-state index contributed by atoms with van der Waals surface area (Å²) in [5, 5.41) is 3.36. The molecule has 0 unspecified atom stereocenters. The lowest BCUT2D eigenvalue weighted by atomic mass is 10.2. The van der Waals surface area contributed by atoms with E-state index in [2.05, 4.69) is 38.2 Å². The van der Waals surface area contributed by atoms with Crippen molar-refractivity contribution in [1.29, 1.82) is 0 Å². The number of hydrogen-bond donors (Lipinski definition) is 2. The molecule has 0 saturated heterocycles. The van der Waals surface area contributed by atoms with Gasteiger partial charge in [0.2, 0.25) is 0 Å². The van der Waals surface area contributed by atoms with Gasteiger partial charge < -0.3 is 10.3 Å². The van der Waals surface area contributed by atoms with Gasteiger partial charge in [-0.1, -0.05) is 54.6 Å². The maximum atomic E-state index is 4.52. The minimum atomic E-state index is 0.638. The zero-order chi connectivity index (χ0) is 17.1. The molecule has 0 aliphatic carbocycles. The van der Waals surface area contributed by atoms with E-state index in [1.54, 1.807) is 0 Å². The molecule has 0 atom stereocenters. The average Bonchev–Trinajstić information content (AvgIpc) is 3.07. The number of nitrogens with one attached hydrogen (secondary N) is 2. The monoisotopic (exact) mass is 327 g/mol. The number of H-pyrrole nitrogens is 1. The van der Waals surface area contributed by atoms with E-state index in [9.17, 15) is 0 Å². The summed E-state index contributed by atoms with van der Waals surface area (Å²) in [6, 6.07) is 18.2. The van der Waals surface area contributed by atoms with Gasteiger partial charge in [0.15, 0.2) is 11.5 Å². The van der Waals surface area contributed by atoms with Crippen LogP contribution in [0.25, 0.3) is 23.3 Å². The standard InChI is InChI=1S/C20H17N5/c1-14-7-5-6-10-16(14)23-19-18-20(22-13-21-19)25-17(24-18)12-11-15-8-3-2-4-9-15/h2-13H,1H3,(H2,21,22,23,24,25). The van der Waals surface area contributed by atoms with Crippen LogP contribution in [0.1, 0.15) is 17.0 Å². The molecular weight excluding hydrogens is 310 g/mol. The number of hydrogen-bond acceptors (Lipinski definition) is 4. The Morgan fingerprint density at radius 2 is 1.72 bits per heavy atom. The number of aromatic nitrogens is 4. The number of aryl methyl sites for hydroxylation is 1. The molecule has 0 saturated carbocycles. The molecule has 0 radical (unpaired) electrons. The highest BCUT2D eigenvalue weighted by atomic mass is 15.1. The molecule has 5 nitrogen and oxygen atoms in total. The Kier molecular flexibility index (Phi) is 3.96. The summed E-state index contributed by atoms with van der Waals surface area (Å²) in [5.74, 6) is 1.46. The predicted octanol–water partition coefficient (Wildman–Crippen LogP) is 4.58. The van der Waals surface area contributed by atoms with Crippen LogP contribution in [0.3, 0.4) is 0 Å². The topological polar surface area (TPSA) is 66.5 Å². The highest BCUT2D eigenvalue weighted by Gasteiger charge is 2.09. The highest BCUT2D eigenvalue weighted by molar-refractivity contribution is 5.87. The molecule has 122 valence electrons. The van der Waals surface area contributed by atoms with Crippen LogP contribution in [0, 0.1) is 6.92 Å². The van der Waals surface area contributed by atoms with Crippen molar-refractivity contribution in [3.8, 4) is 0 Å². The zero-order valence-electron chi connectivity index (χ0n) is 13.8. The van der Waals surface area contributed by atoms with Crippen molar-refractivity contribution < 1.29 is 0 Å². The van der Waals surface area contributed by atoms with Crippen molar-refractivity contribution in [1.82, 2.24) is 19.9 Å². The predicted molar refractivity (Wildman–Crippen MR) is 102 cm³/mol. The van der Waals surface area contributed by atoms with Gasteiger partial charge in [-0.25, -0.2) is 15.0 Å². The fraction of sp³-hybridized carbons (Fsp3) is 0.0500. The van der Waals surface area contributed by atoms with E-state index in [1.807, 2.05) is 60.7 Å². The van der Waals surface area contributed by atoms with Crippen molar-refractivity contribution in [3.05, 3.63) is 77.9 Å². The molecule has 5 heteroatoms. The van der Waals surface area contributed by atoms with Crippen molar-refractivity contribution in [2.75, 3.05) is 5.32 Å². The molecule has 4 aromatic rings. The van der Waals surface area contributed by atoms with Crippen LogP contribution < -0.4 is 5.32 Å². The Labute approximate surface area is 145 Å². The molecular formula is C20H17N5. The lowest BCUT2D eigenvalue weighted by Gasteiger charge is -2.08. The van der Waals surface area contributed by atoms with Crippen molar-refractivity contribution in [2.24, 2.45) is 0 Å². The summed E-state index contributed by atoms with van der Waals surface area (Å²) in [5.41, 5.74) is 4.71. The van der Waals surface area contributed by atoms with Gasteiger partial charge in [-0.05, 0) is 30.2 Å². The Morgan fingerprint density at radius 3 is 2.56 bits per heavy atom. The third-order valence-corrected chi connectivity index (χ3v) is 3.94. The maximum absolute atomic E-state index is 4.52. The van der Waals surface area contributed by atoms with Gasteiger partial charge in [-0.2, -0.15) is 0 Å². The first kappa shape index (κ1) is 15.1. The van der Waals surface area contributed by atoms with E-state index in [1.165, 1.54) is 6.33 Å². The van der Waals surface area contributed by atoms with Crippen LogP contribution in [0.4, 0.5) is 11.5 Å². The third-order valence-electron chi connectivity index (χ3n) is 3.94. The number of imidazole rings is 1. The van der Waals surface area contributed by atoms with Crippen LogP contribution >= 0.6 is 0 Å². The Morgan fingerprint density at radius 1 is 0.920 bits per heavy atom. The number of para-hydroxylation sites is 1. The fourth-order valence-electron chi connectivity index (χ4n) is 2.60. The largest absolute Gasteiger partial charge is 0.338 e. The number of aromatic amines is 1. The van der Waals surface area contributed by atoms with Crippen molar-refractivity contribution in [3.63, 3.8) is 0 Å². The van der Waals surface area contributed by atoms with Gasteiger partial charge >= 0.3 is 0 Å². The van der Waals surface area contributed by atoms with E-state index in [0.717, 1.165) is 28.2 Å². The minimum absolute atomic E-state index is 0.638. The minimum Gasteiger partial charge on any atom is -0.338 e. The van der Waals surface area contributed by atoms with E-state index in [0.29, 0.717) is 11.5 Å². The fourth-order valence-corrected chi connectivity index (χ4v) is 2.60. The molecule has 25 heavy (non-hydrogen) atoms. The smallest absolute Gasteiger partial charge is 0.183 e. The quantitative estimate of drug-likeness (QED) is 0.576. The molecule has 0 aliphatic heterocycles. The first-order valence-corrected chi connectivity index (χ1v) is 8.06. The highest BCUT2D eigenvalue weighted by Crippen LogP contribution is 2.23. The molecule has 0 bridgehead atoms.